The zero-order chi connectivity index (χ0) is 11.4. The fourth-order valence-corrected chi connectivity index (χ4v) is 1.25. The number of halogens is 2. The summed E-state index contributed by atoms with van der Waals surface area (Å²) in [5, 5.41) is 0. The maximum atomic E-state index is 12.0. The molecule has 0 saturated carbocycles. The summed E-state index contributed by atoms with van der Waals surface area (Å²) in [7, 11) is 0. The normalized spacial score (nSPS) is 11.1. The first kappa shape index (κ1) is 11.9. The Bertz CT molecular complexity index is 326. The lowest BCUT2D eigenvalue weighted by Crippen LogP contribution is -2.09. The van der Waals surface area contributed by atoms with Crippen molar-refractivity contribution < 1.29 is 13.5 Å². The third-order valence-electron chi connectivity index (χ3n) is 1.93. The highest BCUT2D eigenvalue weighted by atomic mass is 19.3. The molecule has 2 nitrogen and oxygen atoms in total. The Morgan fingerprint density at radius 2 is 2.07 bits per heavy atom. The summed E-state index contributed by atoms with van der Waals surface area (Å²) in [5.74, 6) is 0.628. The van der Waals surface area contributed by atoms with Gasteiger partial charge in [-0.15, -0.1) is 0 Å². The minimum Gasteiger partial charge on any atom is -0.486 e. The zero-order valence-electron chi connectivity index (χ0n) is 9.13. The van der Waals surface area contributed by atoms with E-state index in [1.165, 1.54) is 0 Å². The monoisotopic (exact) mass is 215 g/mol. The smallest absolute Gasteiger partial charge is 0.272 e. The van der Waals surface area contributed by atoms with Gasteiger partial charge in [0.15, 0.2) is 0 Å². The predicted molar refractivity (Wildman–Crippen MR) is 54.6 cm³/mol. The Labute approximate surface area is 88.3 Å². The van der Waals surface area contributed by atoms with Crippen LogP contribution in [0, 0.1) is 6.92 Å². The molecule has 0 aliphatic carbocycles. The highest BCUT2D eigenvalue weighted by molar-refractivity contribution is 5.32. The summed E-state index contributed by atoms with van der Waals surface area (Å²) in [6.45, 7) is 5.18. The lowest BCUT2D eigenvalue weighted by molar-refractivity contribution is 0.0810. The summed E-state index contributed by atoms with van der Waals surface area (Å²) in [4.78, 5) is 4.19. The SMILES string of the molecule is Cc1cnc(C(C)C)c(OCC(F)F)c1. The molecular formula is C11H15F2NO. The van der Waals surface area contributed by atoms with E-state index in [0.717, 1.165) is 11.3 Å². The number of rotatable bonds is 4. The molecule has 1 heterocycles. The average molecular weight is 215 g/mol. The summed E-state index contributed by atoms with van der Waals surface area (Å²) < 4.78 is 29.0. The molecule has 0 N–H and O–H groups in total. The largest absolute Gasteiger partial charge is 0.486 e. The summed E-state index contributed by atoms with van der Waals surface area (Å²) in [5.41, 5.74) is 1.63. The Morgan fingerprint density at radius 3 is 2.60 bits per heavy atom. The molecule has 0 amide bonds. The standard InChI is InChI=1S/C11H15F2NO/c1-7(2)11-9(15-6-10(12)13)4-8(3)5-14-11/h4-5,7,10H,6H2,1-3H3. The fourth-order valence-electron chi connectivity index (χ4n) is 1.25. The number of pyridine rings is 1. The Hall–Kier alpha value is -1.19. The van der Waals surface area contributed by atoms with E-state index in [1.54, 1.807) is 12.3 Å². The van der Waals surface area contributed by atoms with E-state index in [2.05, 4.69) is 4.98 Å². The number of hydrogen-bond acceptors (Lipinski definition) is 2. The van der Waals surface area contributed by atoms with Crippen LogP contribution < -0.4 is 4.74 Å². The van der Waals surface area contributed by atoms with E-state index in [9.17, 15) is 8.78 Å². The molecule has 15 heavy (non-hydrogen) atoms. The summed E-state index contributed by atoms with van der Waals surface area (Å²) >= 11 is 0. The highest BCUT2D eigenvalue weighted by Gasteiger charge is 2.11. The lowest BCUT2D eigenvalue weighted by Gasteiger charge is -2.13. The van der Waals surface area contributed by atoms with Crippen LogP contribution in [0.4, 0.5) is 8.78 Å². The van der Waals surface area contributed by atoms with Crippen molar-refractivity contribution in [1.29, 1.82) is 0 Å². The molecule has 0 unspecified atom stereocenters. The number of ether oxygens (including phenoxy) is 1. The van der Waals surface area contributed by atoms with Crippen LogP contribution in [0.1, 0.15) is 31.0 Å². The van der Waals surface area contributed by atoms with E-state index in [-0.39, 0.29) is 5.92 Å². The maximum Gasteiger partial charge on any atom is 0.272 e. The van der Waals surface area contributed by atoms with Crippen LogP contribution in [0.2, 0.25) is 0 Å². The van der Waals surface area contributed by atoms with Crippen LogP contribution in [0.25, 0.3) is 0 Å². The van der Waals surface area contributed by atoms with E-state index in [1.807, 2.05) is 20.8 Å². The third-order valence-corrected chi connectivity index (χ3v) is 1.93. The van der Waals surface area contributed by atoms with Gasteiger partial charge in [0, 0.05) is 6.20 Å². The van der Waals surface area contributed by atoms with Crippen molar-refractivity contribution in [2.75, 3.05) is 6.61 Å². The molecule has 0 aliphatic heterocycles. The van der Waals surface area contributed by atoms with Crippen molar-refractivity contribution >= 4 is 0 Å². The molecule has 0 fully saturated rings. The van der Waals surface area contributed by atoms with Crippen molar-refractivity contribution in [2.45, 2.75) is 33.1 Å². The number of aryl methyl sites for hydroxylation is 1. The first-order valence-corrected chi connectivity index (χ1v) is 4.88. The molecule has 0 aliphatic rings. The Kier molecular flexibility index (Phi) is 4.00. The van der Waals surface area contributed by atoms with Crippen molar-refractivity contribution in [3.8, 4) is 5.75 Å². The molecule has 1 rings (SSSR count). The van der Waals surface area contributed by atoms with Crippen molar-refractivity contribution in [2.24, 2.45) is 0 Å². The highest BCUT2D eigenvalue weighted by Crippen LogP contribution is 2.25. The second-order valence-electron chi connectivity index (χ2n) is 3.75. The summed E-state index contributed by atoms with van der Waals surface area (Å²) in [6, 6.07) is 1.74. The first-order chi connectivity index (χ1) is 7.00. The maximum absolute atomic E-state index is 12.0. The molecule has 0 saturated heterocycles. The number of alkyl halides is 2. The van der Waals surface area contributed by atoms with Gasteiger partial charge in [0.05, 0.1) is 5.69 Å². The van der Waals surface area contributed by atoms with Gasteiger partial charge in [-0.1, -0.05) is 13.8 Å². The molecule has 84 valence electrons. The summed E-state index contributed by atoms with van der Waals surface area (Å²) in [6.07, 6.45) is -0.740. The van der Waals surface area contributed by atoms with Crippen LogP contribution >= 0.6 is 0 Å². The van der Waals surface area contributed by atoms with Crippen LogP contribution in [0.15, 0.2) is 12.3 Å². The van der Waals surface area contributed by atoms with Gasteiger partial charge in [-0.3, -0.25) is 4.98 Å². The van der Waals surface area contributed by atoms with Crippen LogP contribution in [-0.4, -0.2) is 18.0 Å². The second-order valence-corrected chi connectivity index (χ2v) is 3.75. The van der Waals surface area contributed by atoms with Crippen molar-refractivity contribution in [3.05, 3.63) is 23.5 Å². The molecule has 1 aromatic heterocycles. The second kappa shape index (κ2) is 5.05. The van der Waals surface area contributed by atoms with Gasteiger partial charge in [0.2, 0.25) is 0 Å². The van der Waals surface area contributed by atoms with Crippen molar-refractivity contribution in [3.63, 3.8) is 0 Å². The van der Waals surface area contributed by atoms with Crippen LogP contribution in [0.5, 0.6) is 5.75 Å². The van der Waals surface area contributed by atoms with Gasteiger partial charge >= 0.3 is 0 Å². The molecule has 0 bridgehead atoms. The minimum absolute atomic E-state index is 0.165. The van der Waals surface area contributed by atoms with Gasteiger partial charge in [-0.2, -0.15) is 0 Å². The predicted octanol–water partition coefficient (Wildman–Crippen LogP) is 3.16. The van der Waals surface area contributed by atoms with Crippen molar-refractivity contribution in [1.82, 2.24) is 4.98 Å². The number of nitrogens with zero attached hydrogens (tertiary/aromatic N) is 1. The van der Waals surface area contributed by atoms with Gasteiger partial charge < -0.3 is 4.74 Å². The molecule has 0 atom stereocenters. The minimum atomic E-state index is -2.45. The van der Waals surface area contributed by atoms with Crippen LogP contribution in [0.3, 0.4) is 0 Å². The molecular weight excluding hydrogens is 200 g/mol. The Balaban J connectivity index is 2.87. The van der Waals surface area contributed by atoms with E-state index >= 15 is 0 Å². The topological polar surface area (TPSA) is 22.1 Å². The van der Waals surface area contributed by atoms with E-state index < -0.39 is 13.0 Å². The van der Waals surface area contributed by atoms with Gasteiger partial charge in [-0.25, -0.2) is 8.78 Å². The average Bonchev–Trinajstić information content (AvgIpc) is 2.14. The van der Waals surface area contributed by atoms with Gasteiger partial charge in [0.1, 0.15) is 12.4 Å². The molecule has 0 radical (unpaired) electrons. The van der Waals surface area contributed by atoms with Gasteiger partial charge in [0.25, 0.3) is 6.43 Å². The van der Waals surface area contributed by atoms with Gasteiger partial charge in [-0.05, 0) is 24.5 Å². The quantitative estimate of drug-likeness (QED) is 0.769. The van der Waals surface area contributed by atoms with E-state index in [4.69, 9.17) is 4.74 Å². The molecule has 1 aromatic rings. The lowest BCUT2D eigenvalue weighted by atomic mass is 10.1. The molecule has 0 spiro atoms. The van der Waals surface area contributed by atoms with E-state index in [0.29, 0.717) is 5.75 Å². The fraction of sp³-hybridized carbons (Fsp3) is 0.545. The number of hydrogen-bond donors (Lipinski definition) is 0. The molecule has 4 heteroatoms. The first-order valence-electron chi connectivity index (χ1n) is 4.88. The Morgan fingerprint density at radius 1 is 1.40 bits per heavy atom. The zero-order valence-corrected chi connectivity index (χ0v) is 9.13. The molecule has 0 aromatic carbocycles. The third kappa shape index (κ3) is 3.46. The number of aromatic nitrogens is 1. The van der Waals surface area contributed by atoms with Crippen LogP contribution in [-0.2, 0) is 0 Å².